The normalized spacial score (nSPS) is 18.7. The summed E-state index contributed by atoms with van der Waals surface area (Å²) in [6.45, 7) is 0. The fourth-order valence-corrected chi connectivity index (χ4v) is 0.856. The number of allylic oxidation sites excluding steroid dienone is 4. The van der Waals surface area contributed by atoms with Gasteiger partial charge in [0.15, 0.2) is 0 Å². The number of hydrogen-bond donors (Lipinski definition) is 0. The van der Waals surface area contributed by atoms with Crippen LogP contribution < -0.4 is 24.8 Å². The second-order valence-electron chi connectivity index (χ2n) is 2.10. The Bertz CT molecular complexity index is 87.6. The molecule has 0 saturated heterocycles. The quantitative estimate of drug-likeness (QED) is 0.271. The van der Waals surface area contributed by atoms with Crippen LogP contribution >= 0.6 is 0 Å². The molecule has 1 aliphatic rings. The Kier molecular flexibility index (Phi) is 35.3. The first-order valence-electron chi connectivity index (χ1n) is 3.30. The Morgan fingerprint density at radius 3 is 0.833 bits per heavy atom. The minimum Gasteiger partial charge on any atom is -1.00 e. The second-order valence-corrected chi connectivity index (χ2v) is 2.10. The van der Waals surface area contributed by atoms with Crippen LogP contribution in [0.4, 0.5) is 0 Å². The molecule has 0 radical (unpaired) electrons. The molecule has 0 aromatic carbocycles. The van der Waals surface area contributed by atoms with Crippen LogP contribution in [0.5, 0.6) is 0 Å². The molecule has 0 aliphatic heterocycles. The first-order chi connectivity index (χ1) is 4.00. The van der Waals surface area contributed by atoms with E-state index in [0.717, 1.165) is 0 Å². The van der Waals surface area contributed by atoms with Crippen molar-refractivity contribution in [1.29, 1.82) is 0 Å². The summed E-state index contributed by atoms with van der Waals surface area (Å²) in [5.41, 5.74) is 0. The van der Waals surface area contributed by atoms with Crippen LogP contribution in [0.25, 0.3) is 0 Å². The zero-order valence-electron chi connectivity index (χ0n) is 6.56. The van der Waals surface area contributed by atoms with Crippen molar-refractivity contribution in [2.75, 3.05) is 0 Å². The van der Waals surface area contributed by atoms with Crippen molar-refractivity contribution in [3.8, 4) is 0 Å². The van der Waals surface area contributed by atoms with E-state index < -0.39 is 0 Å². The van der Waals surface area contributed by atoms with Gasteiger partial charge in [-0.3, -0.25) is 0 Å². The van der Waals surface area contributed by atoms with Gasteiger partial charge in [0.05, 0.1) is 0 Å². The molecule has 0 atom stereocenters. The fraction of sp³-hybridized carbons (Fsp3) is 0.500. The van der Waals surface area contributed by atoms with E-state index in [-0.39, 0.29) is 65.0 Å². The average molecular weight is 564 g/mol. The van der Waals surface area contributed by atoms with Gasteiger partial charge in [0.1, 0.15) is 0 Å². The van der Waals surface area contributed by atoms with Crippen LogP contribution in [-0.2, 0) is 40.2 Å². The standard InChI is InChI=1S/C8H12.2ClH.2Ir/c1-2-4-6-8-7-5-3-1;;;;/h1-2,7-8H,3-6H2;2*1H;;/q;;;2*+1/p-2/b2-1-,8-7-;;;;. The Morgan fingerprint density at radius 1 is 0.500 bits per heavy atom. The predicted molar refractivity (Wildman–Crippen MR) is 36.7 cm³/mol. The molecule has 0 saturated carbocycles. The van der Waals surface area contributed by atoms with Crippen molar-refractivity contribution in [1.82, 2.24) is 0 Å². The van der Waals surface area contributed by atoms with Gasteiger partial charge in [0.25, 0.3) is 0 Å². The monoisotopic (exact) mass is 564 g/mol. The molecule has 0 N–H and O–H groups in total. The molecule has 4 heteroatoms. The maximum absolute atomic E-state index is 2.27. The predicted octanol–water partition coefficient (Wildman–Crippen LogP) is -3.32. The van der Waals surface area contributed by atoms with E-state index in [4.69, 9.17) is 0 Å². The van der Waals surface area contributed by atoms with Gasteiger partial charge in [-0.05, 0) is 25.7 Å². The summed E-state index contributed by atoms with van der Waals surface area (Å²) in [6, 6.07) is 0. The molecular weight excluding hydrogens is 551 g/mol. The van der Waals surface area contributed by atoms with Gasteiger partial charge in [-0.15, -0.1) is 0 Å². The zero-order chi connectivity index (χ0) is 5.66. The summed E-state index contributed by atoms with van der Waals surface area (Å²) in [7, 11) is 0. The van der Waals surface area contributed by atoms with Gasteiger partial charge >= 0.3 is 40.2 Å². The van der Waals surface area contributed by atoms with Gasteiger partial charge in [-0.1, -0.05) is 24.3 Å². The van der Waals surface area contributed by atoms with Crippen molar-refractivity contribution < 1.29 is 65.0 Å². The topological polar surface area (TPSA) is 0 Å². The summed E-state index contributed by atoms with van der Waals surface area (Å²) in [5.74, 6) is 0. The van der Waals surface area contributed by atoms with Crippen LogP contribution in [0, 0.1) is 0 Å². The summed E-state index contributed by atoms with van der Waals surface area (Å²) < 4.78 is 0. The van der Waals surface area contributed by atoms with Gasteiger partial charge in [-0.25, -0.2) is 0 Å². The van der Waals surface area contributed by atoms with E-state index in [1.54, 1.807) is 0 Å². The van der Waals surface area contributed by atoms with Crippen molar-refractivity contribution in [3.63, 3.8) is 0 Å². The Balaban J connectivity index is -0.0000000800. The van der Waals surface area contributed by atoms with Crippen molar-refractivity contribution >= 4 is 0 Å². The molecule has 0 heterocycles. The summed E-state index contributed by atoms with van der Waals surface area (Å²) in [4.78, 5) is 0. The molecule has 1 aliphatic carbocycles. The third-order valence-corrected chi connectivity index (χ3v) is 1.33. The summed E-state index contributed by atoms with van der Waals surface area (Å²) in [5, 5.41) is 0. The molecule has 0 bridgehead atoms. The Hall–Kier alpha value is 1.36. The smallest absolute Gasteiger partial charge is 1.00 e. The molecule has 0 nitrogen and oxygen atoms in total. The van der Waals surface area contributed by atoms with Crippen LogP contribution in [0.1, 0.15) is 25.7 Å². The number of halogens is 2. The molecule has 0 spiro atoms. The van der Waals surface area contributed by atoms with Crippen LogP contribution in [-0.4, -0.2) is 0 Å². The zero-order valence-corrected chi connectivity index (χ0v) is 12.9. The average Bonchev–Trinajstić information content (AvgIpc) is 1.62. The molecule has 0 aromatic heterocycles. The van der Waals surface area contributed by atoms with Crippen LogP contribution in [0.3, 0.4) is 0 Å². The minimum atomic E-state index is 0. The van der Waals surface area contributed by atoms with E-state index in [1.165, 1.54) is 25.7 Å². The SMILES string of the molecule is C1=C\CC/C=C\CC/1.[Cl-].[Cl-].[Ir+].[Ir+]. The van der Waals surface area contributed by atoms with Gasteiger partial charge in [-0.2, -0.15) is 0 Å². The summed E-state index contributed by atoms with van der Waals surface area (Å²) in [6.07, 6.45) is 14.0. The first kappa shape index (κ1) is 23.3. The van der Waals surface area contributed by atoms with E-state index in [9.17, 15) is 0 Å². The molecular formula is C8H12Cl2Ir2. The van der Waals surface area contributed by atoms with Gasteiger partial charge in [0.2, 0.25) is 0 Å². The molecule has 0 amide bonds. The first-order valence-corrected chi connectivity index (χ1v) is 3.30. The molecule has 1 rings (SSSR count). The molecule has 0 aromatic rings. The maximum Gasteiger partial charge on any atom is 1.00 e. The Morgan fingerprint density at radius 2 is 0.667 bits per heavy atom. The molecule has 76 valence electrons. The van der Waals surface area contributed by atoms with Gasteiger partial charge in [0, 0.05) is 0 Å². The fourth-order valence-electron chi connectivity index (χ4n) is 0.856. The van der Waals surface area contributed by atoms with Gasteiger partial charge < -0.3 is 24.8 Å². The van der Waals surface area contributed by atoms with Crippen LogP contribution in [0.2, 0.25) is 0 Å². The van der Waals surface area contributed by atoms with E-state index >= 15 is 0 Å². The third kappa shape index (κ3) is 13.9. The van der Waals surface area contributed by atoms with Crippen molar-refractivity contribution in [3.05, 3.63) is 24.3 Å². The molecule has 12 heavy (non-hydrogen) atoms. The van der Waals surface area contributed by atoms with E-state index in [0.29, 0.717) is 0 Å². The van der Waals surface area contributed by atoms with Crippen molar-refractivity contribution in [2.24, 2.45) is 0 Å². The van der Waals surface area contributed by atoms with E-state index in [1.807, 2.05) is 0 Å². The minimum absolute atomic E-state index is 0. The third-order valence-electron chi connectivity index (χ3n) is 1.33. The second kappa shape index (κ2) is 18.2. The largest absolute Gasteiger partial charge is 1.00 e. The van der Waals surface area contributed by atoms with Crippen LogP contribution in [0.15, 0.2) is 24.3 Å². The summed E-state index contributed by atoms with van der Waals surface area (Å²) >= 11 is 0. The number of rotatable bonds is 0. The van der Waals surface area contributed by atoms with Crippen molar-refractivity contribution in [2.45, 2.75) is 25.7 Å². The molecule has 0 fully saturated rings. The maximum atomic E-state index is 2.27. The molecule has 0 unspecified atom stereocenters. The Labute approximate surface area is 114 Å². The van der Waals surface area contributed by atoms with E-state index in [2.05, 4.69) is 24.3 Å². The number of hydrogen-bond acceptors (Lipinski definition) is 0.